The van der Waals surface area contributed by atoms with Crippen LogP contribution in [0, 0.1) is 12.7 Å². The summed E-state index contributed by atoms with van der Waals surface area (Å²) in [7, 11) is 0. The highest BCUT2D eigenvalue weighted by molar-refractivity contribution is 5.95. The van der Waals surface area contributed by atoms with E-state index in [4.69, 9.17) is 0 Å². The van der Waals surface area contributed by atoms with E-state index in [1.54, 1.807) is 6.92 Å². The molecule has 0 unspecified atom stereocenters. The average Bonchev–Trinajstić information content (AvgIpc) is 2.78. The largest absolute Gasteiger partial charge is 0.345 e. The van der Waals surface area contributed by atoms with Crippen LogP contribution in [0.25, 0.3) is 0 Å². The molecule has 5 nitrogen and oxygen atoms in total. The lowest BCUT2D eigenvalue weighted by Gasteiger charge is -2.06. The van der Waals surface area contributed by atoms with E-state index in [0.29, 0.717) is 17.0 Å². The molecule has 1 amide bonds. The molecule has 0 saturated heterocycles. The smallest absolute Gasteiger partial charge is 0.251 e. The van der Waals surface area contributed by atoms with E-state index >= 15 is 0 Å². The van der Waals surface area contributed by atoms with Crippen molar-refractivity contribution in [1.29, 1.82) is 0 Å². The van der Waals surface area contributed by atoms with Crippen molar-refractivity contribution < 1.29 is 9.18 Å². The summed E-state index contributed by atoms with van der Waals surface area (Å²) in [6, 6.07) is 4.04. The van der Waals surface area contributed by atoms with Gasteiger partial charge in [-0.25, -0.2) is 9.37 Å². The van der Waals surface area contributed by atoms with Gasteiger partial charge in [0.05, 0.1) is 6.54 Å². The van der Waals surface area contributed by atoms with Crippen LogP contribution in [0.3, 0.4) is 0 Å². The molecular formula is C11H11FN4O. The van der Waals surface area contributed by atoms with Crippen molar-refractivity contribution in [3.05, 3.63) is 47.3 Å². The Bertz CT molecular complexity index is 524. The Morgan fingerprint density at radius 3 is 3.00 bits per heavy atom. The Morgan fingerprint density at radius 1 is 1.53 bits per heavy atom. The number of hydrogen-bond acceptors (Lipinski definition) is 3. The molecule has 0 bridgehead atoms. The summed E-state index contributed by atoms with van der Waals surface area (Å²) in [5, 5.41) is 8.96. The molecule has 0 atom stereocenters. The molecular weight excluding hydrogens is 223 g/mol. The minimum Gasteiger partial charge on any atom is -0.345 e. The van der Waals surface area contributed by atoms with Crippen LogP contribution < -0.4 is 5.32 Å². The summed E-state index contributed by atoms with van der Waals surface area (Å²) in [4.78, 5) is 15.7. The summed E-state index contributed by atoms with van der Waals surface area (Å²) in [6.07, 6.45) is 1.37. The summed E-state index contributed by atoms with van der Waals surface area (Å²) in [6.45, 7) is 1.95. The van der Waals surface area contributed by atoms with Crippen LogP contribution in [0.1, 0.15) is 21.7 Å². The summed E-state index contributed by atoms with van der Waals surface area (Å²) < 4.78 is 12.9. The molecule has 1 heterocycles. The maximum Gasteiger partial charge on any atom is 0.251 e. The molecule has 0 aliphatic carbocycles. The van der Waals surface area contributed by atoms with Crippen LogP contribution in [0.2, 0.25) is 0 Å². The molecule has 2 aromatic rings. The van der Waals surface area contributed by atoms with Gasteiger partial charge in [0.25, 0.3) is 5.91 Å². The zero-order chi connectivity index (χ0) is 12.3. The van der Waals surface area contributed by atoms with E-state index in [2.05, 4.69) is 20.5 Å². The predicted molar refractivity (Wildman–Crippen MR) is 58.7 cm³/mol. The van der Waals surface area contributed by atoms with Crippen molar-refractivity contribution in [2.24, 2.45) is 0 Å². The lowest BCUT2D eigenvalue weighted by Crippen LogP contribution is -2.24. The van der Waals surface area contributed by atoms with Crippen LogP contribution in [0.15, 0.2) is 24.5 Å². The minimum absolute atomic E-state index is 0.260. The van der Waals surface area contributed by atoms with Crippen LogP contribution in [-0.2, 0) is 6.54 Å². The number of carbonyl (C=O) groups is 1. The molecule has 0 saturated carbocycles. The molecule has 0 aliphatic rings. The first-order chi connectivity index (χ1) is 8.16. The number of benzene rings is 1. The highest BCUT2D eigenvalue weighted by Crippen LogP contribution is 2.09. The molecule has 2 N–H and O–H groups in total. The SMILES string of the molecule is Cc1cc(F)ccc1C(=O)NCc1ncn[nH]1. The number of amides is 1. The Kier molecular flexibility index (Phi) is 3.13. The first kappa shape index (κ1) is 11.3. The van der Waals surface area contributed by atoms with E-state index in [-0.39, 0.29) is 18.3 Å². The maximum atomic E-state index is 12.9. The Hall–Kier alpha value is -2.24. The molecule has 2 rings (SSSR count). The first-order valence-electron chi connectivity index (χ1n) is 5.05. The topological polar surface area (TPSA) is 70.7 Å². The molecule has 1 aromatic carbocycles. The van der Waals surface area contributed by atoms with Crippen LogP contribution in [-0.4, -0.2) is 21.1 Å². The van der Waals surface area contributed by atoms with Crippen LogP contribution in [0.5, 0.6) is 0 Å². The summed E-state index contributed by atoms with van der Waals surface area (Å²) in [5.74, 6) is -0.0497. The second-order valence-corrected chi connectivity index (χ2v) is 3.57. The van der Waals surface area contributed by atoms with Crippen LogP contribution >= 0.6 is 0 Å². The van der Waals surface area contributed by atoms with Crippen molar-refractivity contribution in [2.75, 3.05) is 0 Å². The number of rotatable bonds is 3. The van der Waals surface area contributed by atoms with Gasteiger partial charge in [0.2, 0.25) is 0 Å². The zero-order valence-electron chi connectivity index (χ0n) is 9.20. The number of carbonyl (C=O) groups excluding carboxylic acids is 1. The maximum absolute atomic E-state index is 12.9. The van der Waals surface area contributed by atoms with Crippen molar-refractivity contribution in [3.63, 3.8) is 0 Å². The Balaban J connectivity index is 2.04. The van der Waals surface area contributed by atoms with E-state index < -0.39 is 0 Å². The second kappa shape index (κ2) is 4.73. The fraction of sp³-hybridized carbons (Fsp3) is 0.182. The number of aromatic amines is 1. The number of aromatic nitrogens is 3. The number of aryl methyl sites for hydroxylation is 1. The summed E-state index contributed by atoms with van der Waals surface area (Å²) in [5.41, 5.74) is 1.05. The molecule has 0 fully saturated rings. The number of nitrogens with one attached hydrogen (secondary N) is 2. The molecule has 17 heavy (non-hydrogen) atoms. The van der Waals surface area contributed by atoms with Gasteiger partial charge in [-0.05, 0) is 30.7 Å². The van der Waals surface area contributed by atoms with E-state index in [1.807, 2.05) is 0 Å². The lowest BCUT2D eigenvalue weighted by atomic mass is 10.1. The average molecular weight is 234 g/mol. The number of H-pyrrole nitrogens is 1. The van der Waals surface area contributed by atoms with Gasteiger partial charge >= 0.3 is 0 Å². The Morgan fingerprint density at radius 2 is 2.35 bits per heavy atom. The zero-order valence-corrected chi connectivity index (χ0v) is 9.20. The van der Waals surface area contributed by atoms with E-state index in [9.17, 15) is 9.18 Å². The number of hydrogen-bond donors (Lipinski definition) is 2. The fourth-order valence-electron chi connectivity index (χ4n) is 1.46. The predicted octanol–water partition coefficient (Wildman–Crippen LogP) is 1.18. The van der Waals surface area contributed by atoms with E-state index in [0.717, 1.165) is 0 Å². The Labute approximate surface area is 97.1 Å². The van der Waals surface area contributed by atoms with E-state index in [1.165, 1.54) is 24.5 Å². The van der Waals surface area contributed by atoms with Gasteiger partial charge in [-0.15, -0.1) is 0 Å². The van der Waals surface area contributed by atoms with Crippen molar-refractivity contribution in [3.8, 4) is 0 Å². The normalized spacial score (nSPS) is 10.2. The highest BCUT2D eigenvalue weighted by Gasteiger charge is 2.09. The molecule has 0 aliphatic heterocycles. The number of nitrogens with zero attached hydrogens (tertiary/aromatic N) is 2. The lowest BCUT2D eigenvalue weighted by molar-refractivity contribution is 0.0949. The minimum atomic E-state index is -0.353. The van der Waals surface area contributed by atoms with Gasteiger partial charge in [-0.3, -0.25) is 9.89 Å². The summed E-state index contributed by atoms with van der Waals surface area (Å²) >= 11 is 0. The van der Waals surface area contributed by atoms with Crippen LogP contribution in [0.4, 0.5) is 4.39 Å². The van der Waals surface area contributed by atoms with Crippen molar-refractivity contribution >= 4 is 5.91 Å². The van der Waals surface area contributed by atoms with Gasteiger partial charge in [-0.2, -0.15) is 5.10 Å². The molecule has 0 radical (unpaired) electrons. The third kappa shape index (κ3) is 2.66. The number of halogens is 1. The van der Waals surface area contributed by atoms with Gasteiger partial charge in [0.1, 0.15) is 18.0 Å². The molecule has 88 valence electrons. The van der Waals surface area contributed by atoms with Crippen molar-refractivity contribution in [1.82, 2.24) is 20.5 Å². The highest BCUT2D eigenvalue weighted by atomic mass is 19.1. The van der Waals surface area contributed by atoms with Gasteiger partial charge in [0, 0.05) is 5.56 Å². The second-order valence-electron chi connectivity index (χ2n) is 3.57. The van der Waals surface area contributed by atoms with Crippen molar-refractivity contribution in [2.45, 2.75) is 13.5 Å². The monoisotopic (exact) mass is 234 g/mol. The molecule has 6 heteroatoms. The first-order valence-corrected chi connectivity index (χ1v) is 5.05. The van der Waals surface area contributed by atoms with Gasteiger partial charge in [-0.1, -0.05) is 0 Å². The van der Waals surface area contributed by atoms with Gasteiger partial charge < -0.3 is 5.32 Å². The standard InChI is InChI=1S/C11H11FN4O/c1-7-4-8(12)2-3-9(7)11(17)13-5-10-14-6-15-16-10/h2-4,6H,5H2,1H3,(H,13,17)(H,14,15,16). The quantitative estimate of drug-likeness (QED) is 0.837. The third-order valence-corrected chi connectivity index (χ3v) is 2.31. The third-order valence-electron chi connectivity index (χ3n) is 2.31. The van der Waals surface area contributed by atoms with Gasteiger partial charge in [0.15, 0.2) is 0 Å². The molecule has 0 spiro atoms. The molecule has 1 aromatic heterocycles. The fourth-order valence-corrected chi connectivity index (χ4v) is 1.46.